The molecule has 1 rings (SSSR count). The van der Waals surface area contributed by atoms with Crippen LogP contribution in [0.25, 0.3) is 0 Å². The maximum absolute atomic E-state index is 12.9. The van der Waals surface area contributed by atoms with E-state index in [9.17, 15) is 26.3 Å². The Hall–Kier alpha value is -0.960. The van der Waals surface area contributed by atoms with Gasteiger partial charge in [-0.3, -0.25) is 0 Å². The Balaban J connectivity index is 2.71. The summed E-state index contributed by atoms with van der Waals surface area (Å²) in [5.41, 5.74) is 0. The fourth-order valence-electron chi connectivity index (χ4n) is 0.892. The molecule has 9 heteroatoms. The van der Waals surface area contributed by atoms with Crippen LogP contribution in [-0.2, 0) is 4.74 Å². The van der Waals surface area contributed by atoms with Crippen molar-refractivity contribution in [2.75, 3.05) is 0 Å². The van der Waals surface area contributed by atoms with E-state index in [0.29, 0.717) is 4.47 Å². The van der Waals surface area contributed by atoms with Crippen LogP contribution in [0.2, 0.25) is 0 Å². The number of hydrogen-bond acceptors (Lipinski definition) is 2. The number of ether oxygens (including phenoxy) is 2. The van der Waals surface area contributed by atoms with Gasteiger partial charge >= 0.3 is 18.8 Å². The van der Waals surface area contributed by atoms with Crippen molar-refractivity contribution in [1.29, 1.82) is 0 Å². The molecular formula is C9H5BrF6O2. The van der Waals surface area contributed by atoms with E-state index in [0.717, 1.165) is 12.1 Å². The van der Waals surface area contributed by atoms with Gasteiger partial charge in [0.15, 0.2) is 0 Å². The lowest BCUT2D eigenvalue weighted by Crippen LogP contribution is -2.41. The predicted molar refractivity (Wildman–Crippen MR) is 51.8 cm³/mol. The van der Waals surface area contributed by atoms with E-state index in [4.69, 9.17) is 0 Å². The van der Waals surface area contributed by atoms with E-state index < -0.39 is 24.6 Å². The SMILES string of the molecule is FC(OC(F)(F)F)C(F)(F)Oc1ccc(Br)cc1. The summed E-state index contributed by atoms with van der Waals surface area (Å²) in [6.07, 6.45) is -14.2. The Labute approximate surface area is 106 Å². The molecule has 0 spiro atoms. The molecule has 1 aromatic rings. The molecule has 1 unspecified atom stereocenters. The molecule has 0 aliphatic rings. The van der Waals surface area contributed by atoms with Crippen LogP contribution in [0.3, 0.4) is 0 Å². The highest BCUT2D eigenvalue weighted by Gasteiger charge is 2.50. The first-order valence-corrected chi connectivity index (χ1v) is 5.10. The Morgan fingerprint density at radius 2 is 1.50 bits per heavy atom. The molecule has 0 saturated carbocycles. The van der Waals surface area contributed by atoms with Gasteiger partial charge in [0.05, 0.1) is 0 Å². The molecule has 102 valence electrons. The monoisotopic (exact) mass is 338 g/mol. The van der Waals surface area contributed by atoms with Crippen LogP contribution >= 0.6 is 15.9 Å². The molecule has 18 heavy (non-hydrogen) atoms. The average Bonchev–Trinajstić information content (AvgIpc) is 2.18. The lowest BCUT2D eigenvalue weighted by Gasteiger charge is -2.22. The first-order chi connectivity index (χ1) is 8.10. The molecule has 2 nitrogen and oxygen atoms in total. The summed E-state index contributed by atoms with van der Waals surface area (Å²) in [5, 5.41) is 0. The summed E-state index contributed by atoms with van der Waals surface area (Å²) < 4.78 is 80.0. The van der Waals surface area contributed by atoms with E-state index in [2.05, 4.69) is 25.4 Å². The molecule has 1 atom stereocenters. The maximum Gasteiger partial charge on any atom is 0.525 e. The van der Waals surface area contributed by atoms with Crippen molar-refractivity contribution in [1.82, 2.24) is 0 Å². The highest BCUT2D eigenvalue weighted by Crippen LogP contribution is 2.32. The van der Waals surface area contributed by atoms with Crippen molar-refractivity contribution in [2.24, 2.45) is 0 Å². The second kappa shape index (κ2) is 5.35. The molecular weight excluding hydrogens is 334 g/mol. The number of alkyl halides is 6. The standard InChI is InChI=1S/C9H5BrF6O2/c10-5-1-3-6(4-2-5)17-8(12,13)7(11)18-9(14,15)16/h1-4,7H. The molecule has 0 saturated heterocycles. The van der Waals surface area contributed by atoms with Gasteiger partial charge in [0, 0.05) is 4.47 Å². The van der Waals surface area contributed by atoms with Gasteiger partial charge < -0.3 is 4.74 Å². The lowest BCUT2D eigenvalue weighted by molar-refractivity contribution is -0.411. The van der Waals surface area contributed by atoms with E-state index in [-0.39, 0.29) is 0 Å². The van der Waals surface area contributed by atoms with Gasteiger partial charge in [0.1, 0.15) is 5.75 Å². The number of hydrogen-bond donors (Lipinski definition) is 0. The van der Waals surface area contributed by atoms with Gasteiger partial charge in [-0.2, -0.15) is 8.78 Å². The fraction of sp³-hybridized carbons (Fsp3) is 0.333. The van der Waals surface area contributed by atoms with Crippen LogP contribution in [0.5, 0.6) is 5.75 Å². The summed E-state index contributed by atoms with van der Waals surface area (Å²) in [4.78, 5) is 0. The Morgan fingerprint density at radius 3 is 1.94 bits per heavy atom. The second-order valence-electron chi connectivity index (χ2n) is 3.00. The normalized spacial score (nSPS) is 14.4. The average molecular weight is 339 g/mol. The zero-order chi connectivity index (χ0) is 14.0. The number of rotatable bonds is 4. The minimum atomic E-state index is -5.52. The first kappa shape index (κ1) is 15.1. The second-order valence-corrected chi connectivity index (χ2v) is 3.91. The smallest absolute Gasteiger partial charge is 0.429 e. The van der Waals surface area contributed by atoms with Crippen LogP contribution in [0.4, 0.5) is 26.3 Å². The van der Waals surface area contributed by atoms with Gasteiger partial charge in [0.25, 0.3) is 0 Å². The summed E-state index contributed by atoms with van der Waals surface area (Å²) in [7, 11) is 0. The Kier molecular flexibility index (Phi) is 4.49. The van der Waals surface area contributed by atoms with Crippen LogP contribution in [0.15, 0.2) is 28.7 Å². The molecule has 0 N–H and O–H groups in total. The van der Waals surface area contributed by atoms with E-state index >= 15 is 0 Å². The molecule has 0 heterocycles. The van der Waals surface area contributed by atoms with Gasteiger partial charge in [-0.1, -0.05) is 15.9 Å². The lowest BCUT2D eigenvalue weighted by atomic mass is 10.3. The zero-order valence-electron chi connectivity index (χ0n) is 8.35. The fourth-order valence-corrected chi connectivity index (χ4v) is 1.16. The third kappa shape index (κ3) is 4.73. The van der Waals surface area contributed by atoms with Crippen LogP contribution in [0, 0.1) is 0 Å². The largest absolute Gasteiger partial charge is 0.525 e. The molecule has 0 aliphatic carbocycles. The summed E-state index contributed by atoms with van der Waals surface area (Å²) in [6.45, 7) is 0. The highest BCUT2D eigenvalue weighted by molar-refractivity contribution is 9.10. The summed E-state index contributed by atoms with van der Waals surface area (Å²) in [5.74, 6) is -0.503. The number of halogens is 7. The van der Waals surface area contributed by atoms with Crippen LogP contribution in [0.1, 0.15) is 0 Å². The topological polar surface area (TPSA) is 18.5 Å². The van der Waals surface area contributed by atoms with Gasteiger partial charge in [-0.25, -0.2) is 9.13 Å². The molecule has 0 amide bonds. The summed E-state index contributed by atoms with van der Waals surface area (Å²) >= 11 is 3.00. The van der Waals surface area contributed by atoms with Crippen molar-refractivity contribution in [3.63, 3.8) is 0 Å². The van der Waals surface area contributed by atoms with Crippen molar-refractivity contribution in [3.8, 4) is 5.75 Å². The van der Waals surface area contributed by atoms with Crippen molar-refractivity contribution < 1.29 is 35.8 Å². The highest BCUT2D eigenvalue weighted by atomic mass is 79.9. The van der Waals surface area contributed by atoms with Gasteiger partial charge in [0.2, 0.25) is 0 Å². The Bertz CT molecular complexity index is 391. The van der Waals surface area contributed by atoms with E-state index in [1.165, 1.54) is 12.1 Å². The molecule has 0 aliphatic heterocycles. The third-order valence-corrected chi connectivity index (χ3v) is 2.10. The molecule has 0 bridgehead atoms. The first-order valence-electron chi connectivity index (χ1n) is 4.31. The van der Waals surface area contributed by atoms with Gasteiger partial charge in [-0.15, -0.1) is 13.2 Å². The molecule has 0 aromatic heterocycles. The van der Waals surface area contributed by atoms with Gasteiger partial charge in [-0.05, 0) is 24.3 Å². The van der Waals surface area contributed by atoms with Crippen molar-refractivity contribution >= 4 is 15.9 Å². The Morgan fingerprint density at radius 1 is 1.00 bits per heavy atom. The van der Waals surface area contributed by atoms with E-state index in [1.807, 2.05) is 0 Å². The van der Waals surface area contributed by atoms with Crippen LogP contribution in [-0.4, -0.2) is 18.8 Å². The van der Waals surface area contributed by atoms with Crippen molar-refractivity contribution in [2.45, 2.75) is 18.8 Å². The van der Waals surface area contributed by atoms with Crippen LogP contribution < -0.4 is 4.74 Å². The quantitative estimate of drug-likeness (QED) is 0.764. The minimum absolute atomic E-state index is 0.503. The summed E-state index contributed by atoms with van der Waals surface area (Å²) in [6, 6.07) is 4.64. The predicted octanol–water partition coefficient (Wildman–Crippen LogP) is 4.25. The van der Waals surface area contributed by atoms with E-state index in [1.54, 1.807) is 0 Å². The zero-order valence-corrected chi connectivity index (χ0v) is 9.93. The molecule has 0 radical (unpaired) electrons. The van der Waals surface area contributed by atoms with Crippen molar-refractivity contribution in [3.05, 3.63) is 28.7 Å². The number of benzene rings is 1. The third-order valence-electron chi connectivity index (χ3n) is 1.57. The molecule has 1 aromatic carbocycles. The minimum Gasteiger partial charge on any atom is -0.429 e. The maximum atomic E-state index is 12.9. The molecule has 0 fully saturated rings.